The molecule has 1 saturated heterocycles. The van der Waals surface area contributed by atoms with Gasteiger partial charge in [0.1, 0.15) is 6.61 Å². The highest BCUT2D eigenvalue weighted by Crippen LogP contribution is 2.44. The second-order valence-corrected chi connectivity index (χ2v) is 9.41. The van der Waals surface area contributed by atoms with Gasteiger partial charge in [-0.2, -0.15) is 0 Å². The molecule has 4 rings (SSSR count). The Morgan fingerprint density at radius 2 is 1.69 bits per heavy atom. The fourth-order valence-electron chi connectivity index (χ4n) is 5.07. The summed E-state index contributed by atoms with van der Waals surface area (Å²) in [5.41, 5.74) is 4.60. The molecule has 2 aromatic carbocycles. The van der Waals surface area contributed by atoms with Crippen LogP contribution in [0.3, 0.4) is 0 Å². The zero-order valence-corrected chi connectivity index (χ0v) is 19.9. The second-order valence-electron chi connectivity index (χ2n) is 9.41. The van der Waals surface area contributed by atoms with Gasteiger partial charge in [-0.3, -0.25) is 9.59 Å². The van der Waals surface area contributed by atoms with Gasteiger partial charge >= 0.3 is 12.1 Å². The van der Waals surface area contributed by atoms with Crippen molar-refractivity contribution in [1.29, 1.82) is 0 Å². The minimum absolute atomic E-state index is 0.0237. The lowest BCUT2D eigenvalue weighted by molar-refractivity contribution is -0.149. The number of likely N-dealkylation sites (tertiary alicyclic amines) is 1. The van der Waals surface area contributed by atoms with Crippen molar-refractivity contribution in [1.82, 2.24) is 10.2 Å². The molecule has 0 bridgehead atoms. The van der Waals surface area contributed by atoms with Crippen molar-refractivity contribution in [3.05, 3.63) is 59.7 Å². The van der Waals surface area contributed by atoms with Crippen LogP contribution in [0.1, 0.15) is 43.2 Å². The molecule has 2 aromatic rings. The summed E-state index contributed by atoms with van der Waals surface area (Å²) in [7, 11) is 0. The zero-order chi connectivity index (χ0) is 24.9. The van der Waals surface area contributed by atoms with Crippen molar-refractivity contribution in [2.24, 2.45) is 11.8 Å². The number of hydrogen-bond acceptors (Lipinski definition) is 5. The number of ether oxygens (including phenoxy) is 1. The number of amides is 2. The summed E-state index contributed by atoms with van der Waals surface area (Å²) in [6.07, 6.45) is -0.391. The first-order valence-corrected chi connectivity index (χ1v) is 12.1. The third-order valence-corrected chi connectivity index (χ3v) is 7.05. The van der Waals surface area contributed by atoms with Crippen LogP contribution in [0.25, 0.3) is 11.1 Å². The SMILES string of the molecule is CCC(CNC(=O)OCC1c2ccccc2-c2ccccc21)CC(=O)N1CC(O)CC(C(=O)O)C1. The van der Waals surface area contributed by atoms with Crippen LogP contribution in [0.5, 0.6) is 0 Å². The molecule has 0 saturated carbocycles. The van der Waals surface area contributed by atoms with Gasteiger partial charge in [0, 0.05) is 32.0 Å². The third kappa shape index (κ3) is 5.65. The zero-order valence-electron chi connectivity index (χ0n) is 19.9. The van der Waals surface area contributed by atoms with Crippen molar-refractivity contribution in [2.75, 3.05) is 26.2 Å². The van der Waals surface area contributed by atoms with Gasteiger partial charge in [-0.05, 0) is 34.6 Å². The number of hydrogen-bond donors (Lipinski definition) is 3. The number of nitrogens with one attached hydrogen (secondary N) is 1. The summed E-state index contributed by atoms with van der Waals surface area (Å²) in [6, 6.07) is 16.3. The van der Waals surface area contributed by atoms with E-state index in [-0.39, 0.29) is 56.8 Å². The lowest BCUT2D eigenvalue weighted by atomic mass is 9.94. The lowest BCUT2D eigenvalue weighted by Crippen LogP contribution is -2.49. The molecule has 2 amide bonds. The monoisotopic (exact) mass is 480 g/mol. The van der Waals surface area contributed by atoms with Gasteiger partial charge in [-0.15, -0.1) is 0 Å². The number of benzene rings is 2. The van der Waals surface area contributed by atoms with Crippen molar-refractivity contribution >= 4 is 18.0 Å². The van der Waals surface area contributed by atoms with E-state index >= 15 is 0 Å². The van der Waals surface area contributed by atoms with E-state index in [2.05, 4.69) is 29.6 Å². The third-order valence-electron chi connectivity index (χ3n) is 7.05. The number of aliphatic carboxylic acids is 1. The Hall–Kier alpha value is -3.39. The van der Waals surface area contributed by atoms with Gasteiger partial charge in [-0.25, -0.2) is 4.79 Å². The molecule has 186 valence electrons. The molecule has 3 N–H and O–H groups in total. The van der Waals surface area contributed by atoms with Crippen LogP contribution in [-0.2, 0) is 14.3 Å². The van der Waals surface area contributed by atoms with Gasteiger partial charge in [0.25, 0.3) is 0 Å². The topological polar surface area (TPSA) is 116 Å². The molecule has 1 aliphatic heterocycles. The summed E-state index contributed by atoms with van der Waals surface area (Å²) >= 11 is 0. The predicted molar refractivity (Wildman–Crippen MR) is 130 cm³/mol. The Balaban J connectivity index is 1.28. The molecule has 35 heavy (non-hydrogen) atoms. The Labute approximate surface area is 204 Å². The molecular weight excluding hydrogens is 448 g/mol. The van der Waals surface area contributed by atoms with E-state index in [4.69, 9.17) is 4.74 Å². The number of aliphatic hydroxyl groups is 1. The van der Waals surface area contributed by atoms with Crippen LogP contribution in [0, 0.1) is 11.8 Å². The highest BCUT2D eigenvalue weighted by atomic mass is 16.5. The van der Waals surface area contributed by atoms with E-state index in [0.29, 0.717) is 6.42 Å². The minimum Gasteiger partial charge on any atom is -0.481 e. The van der Waals surface area contributed by atoms with Crippen molar-refractivity contribution in [2.45, 2.75) is 38.2 Å². The minimum atomic E-state index is -1.01. The predicted octanol–water partition coefficient (Wildman–Crippen LogP) is 3.24. The molecular formula is C27H32N2O6. The van der Waals surface area contributed by atoms with E-state index in [1.54, 1.807) is 0 Å². The number of alkyl carbamates (subject to hydrolysis) is 1. The standard InChI is InChI=1S/C27H32N2O6/c1-2-17(11-25(31)29-14-18(26(32)33)12-19(30)15-29)13-28-27(34)35-16-24-22-9-5-3-7-20(22)21-8-4-6-10-23(21)24/h3-10,17-19,24,30H,2,11-16H2,1H3,(H,28,34)(H,32,33). The maximum atomic E-state index is 12.7. The number of carbonyl (C=O) groups is 3. The van der Waals surface area contributed by atoms with Crippen LogP contribution < -0.4 is 5.32 Å². The number of β-amino-alcohol motifs (C(OH)–C–C–N with tert-alkyl or cyclic N) is 1. The maximum Gasteiger partial charge on any atom is 0.407 e. The van der Waals surface area contributed by atoms with E-state index in [0.717, 1.165) is 22.3 Å². The van der Waals surface area contributed by atoms with Gasteiger partial charge in [0.2, 0.25) is 5.91 Å². The summed E-state index contributed by atoms with van der Waals surface area (Å²) in [5, 5.41) is 22.0. The van der Waals surface area contributed by atoms with Crippen LogP contribution in [0.15, 0.2) is 48.5 Å². The van der Waals surface area contributed by atoms with Gasteiger partial charge < -0.3 is 25.2 Å². The van der Waals surface area contributed by atoms with Crippen LogP contribution in [0.2, 0.25) is 0 Å². The summed E-state index contributed by atoms with van der Waals surface area (Å²) in [5.74, 6) is -2.13. The summed E-state index contributed by atoms with van der Waals surface area (Å²) in [4.78, 5) is 37.9. The first kappa shape index (κ1) is 24.7. The number of carboxylic acids is 1. The second kappa shape index (κ2) is 10.9. The fourth-order valence-corrected chi connectivity index (χ4v) is 5.07. The van der Waals surface area contributed by atoms with Gasteiger partial charge in [0.05, 0.1) is 12.0 Å². The molecule has 3 atom stereocenters. The number of fused-ring (bicyclic) bond motifs is 3. The van der Waals surface area contributed by atoms with E-state index in [9.17, 15) is 24.6 Å². The number of carbonyl (C=O) groups excluding carboxylic acids is 2. The maximum absolute atomic E-state index is 12.7. The number of nitrogens with zero attached hydrogens (tertiary/aromatic N) is 1. The molecule has 1 fully saturated rings. The van der Waals surface area contributed by atoms with Crippen molar-refractivity contribution < 1.29 is 29.3 Å². The molecule has 8 heteroatoms. The van der Waals surface area contributed by atoms with Gasteiger partial charge in [0.15, 0.2) is 0 Å². The van der Waals surface area contributed by atoms with Crippen LogP contribution >= 0.6 is 0 Å². The summed E-state index contributed by atoms with van der Waals surface area (Å²) in [6.45, 7) is 2.66. The van der Waals surface area contributed by atoms with E-state index in [1.807, 2.05) is 31.2 Å². The molecule has 2 aliphatic rings. The van der Waals surface area contributed by atoms with E-state index in [1.165, 1.54) is 4.90 Å². The quantitative estimate of drug-likeness (QED) is 0.534. The van der Waals surface area contributed by atoms with E-state index < -0.39 is 24.1 Å². The first-order valence-electron chi connectivity index (χ1n) is 12.1. The Kier molecular flexibility index (Phi) is 7.70. The first-order chi connectivity index (χ1) is 16.9. The van der Waals surface area contributed by atoms with Crippen LogP contribution in [-0.4, -0.2) is 65.4 Å². The molecule has 8 nitrogen and oxygen atoms in total. The average Bonchev–Trinajstić information content (AvgIpc) is 3.18. The molecule has 0 radical (unpaired) electrons. The molecule has 3 unspecified atom stereocenters. The van der Waals surface area contributed by atoms with Crippen molar-refractivity contribution in [3.63, 3.8) is 0 Å². The highest BCUT2D eigenvalue weighted by Gasteiger charge is 2.33. The Bertz CT molecular complexity index is 1040. The van der Waals surface area contributed by atoms with Crippen LogP contribution in [0.4, 0.5) is 4.79 Å². The number of carboxylic acid groups (broad SMARTS) is 1. The van der Waals surface area contributed by atoms with Gasteiger partial charge in [-0.1, -0.05) is 61.9 Å². The highest BCUT2D eigenvalue weighted by molar-refractivity contribution is 5.79. The fraction of sp³-hybridized carbons (Fsp3) is 0.444. The molecule has 1 aliphatic carbocycles. The smallest absolute Gasteiger partial charge is 0.407 e. The Morgan fingerprint density at radius 3 is 2.29 bits per heavy atom. The average molecular weight is 481 g/mol. The molecule has 1 heterocycles. The summed E-state index contributed by atoms with van der Waals surface area (Å²) < 4.78 is 5.57. The number of rotatable bonds is 8. The molecule has 0 aromatic heterocycles. The molecule has 0 spiro atoms. The normalized spacial score (nSPS) is 20.0. The number of piperidine rings is 1. The van der Waals surface area contributed by atoms with Crippen molar-refractivity contribution in [3.8, 4) is 11.1 Å². The number of aliphatic hydroxyl groups excluding tert-OH is 1. The Morgan fingerprint density at radius 1 is 1.06 bits per heavy atom. The largest absolute Gasteiger partial charge is 0.481 e. The lowest BCUT2D eigenvalue weighted by Gasteiger charge is -2.34.